The molecule has 4 heteroatoms. The molecular formula is C16H28N2O2. The van der Waals surface area contributed by atoms with E-state index in [2.05, 4.69) is 41.4 Å². The van der Waals surface area contributed by atoms with Gasteiger partial charge in [0.2, 0.25) is 0 Å². The van der Waals surface area contributed by atoms with E-state index in [0.717, 1.165) is 32.7 Å². The lowest BCUT2D eigenvalue weighted by Gasteiger charge is -2.28. The number of anilines is 1. The van der Waals surface area contributed by atoms with E-state index >= 15 is 0 Å². The minimum atomic E-state index is 0.332. The maximum absolute atomic E-state index is 5.24. The molecule has 114 valence electrons. The zero-order valence-electron chi connectivity index (χ0n) is 13.2. The number of hydrogen-bond donors (Lipinski definition) is 1. The van der Waals surface area contributed by atoms with Crippen LogP contribution in [-0.4, -0.2) is 47.6 Å². The van der Waals surface area contributed by atoms with Crippen LogP contribution in [0.15, 0.2) is 24.3 Å². The lowest BCUT2D eigenvalue weighted by Crippen LogP contribution is -2.31. The Bertz CT molecular complexity index is 371. The van der Waals surface area contributed by atoms with Crippen LogP contribution in [0.2, 0.25) is 0 Å². The maximum Gasteiger partial charge on any atom is 0.0637 e. The first-order chi connectivity index (χ1) is 9.74. The Kier molecular flexibility index (Phi) is 8.26. The molecule has 1 N–H and O–H groups in total. The van der Waals surface area contributed by atoms with Crippen LogP contribution >= 0.6 is 0 Å². The maximum atomic E-state index is 5.24. The number of rotatable bonds is 10. The Balaban J connectivity index is 2.87. The number of methoxy groups -OCH3 is 2. The van der Waals surface area contributed by atoms with Gasteiger partial charge in [-0.05, 0) is 32.0 Å². The van der Waals surface area contributed by atoms with E-state index in [1.165, 1.54) is 11.3 Å². The molecular weight excluding hydrogens is 252 g/mol. The summed E-state index contributed by atoms with van der Waals surface area (Å²) in [5, 5.41) is 3.32. The largest absolute Gasteiger partial charge is 0.385 e. The zero-order valence-corrected chi connectivity index (χ0v) is 13.2. The lowest BCUT2D eigenvalue weighted by molar-refractivity contribution is 0.191. The third-order valence-corrected chi connectivity index (χ3v) is 3.52. The predicted molar refractivity (Wildman–Crippen MR) is 84.5 cm³/mol. The summed E-state index contributed by atoms with van der Waals surface area (Å²) in [4.78, 5) is 2.38. The SMILES string of the molecule is CNC(C)c1ccccc1N(CCCOC)CCOC. The quantitative estimate of drug-likeness (QED) is 0.668. The lowest BCUT2D eigenvalue weighted by atomic mass is 10.0. The number of nitrogens with one attached hydrogen (secondary N) is 1. The molecule has 0 saturated heterocycles. The first-order valence-electron chi connectivity index (χ1n) is 7.23. The van der Waals surface area contributed by atoms with Crippen molar-refractivity contribution in [3.05, 3.63) is 29.8 Å². The van der Waals surface area contributed by atoms with Gasteiger partial charge in [0.05, 0.1) is 6.61 Å². The van der Waals surface area contributed by atoms with Crippen LogP contribution < -0.4 is 10.2 Å². The highest BCUT2D eigenvalue weighted by Gasteiger charge is 2.14. The number of hydrogen-bond acceptors (Lipinski definition) is 4. The van der Waals surface area contributed by atoms with Crippen LogP contribution in [0.4, 0.5) is 5.69 Å². The molecule has 0 aliphatic rings. The van der Waals surface area contributed by atoms with Crippen molar-refractivity contribution in [2.75, 3.05) is 52.5 Å². The average molecular weight is 280 g/mol. The van der Waals surface area contributed by atoms with E-state index in [-0.39, 0.29) is 0 Å². The van der Waals surface area contributed by atoms with Crippen LogP contribution in [0.1, 0.15) is 24.9 Å². The molecule has 1 atom stereocenters. The van der Waals surface area contributed by atoms with Crippen LogP contribution in [0.25, 0.3) is 0 Å². The molecule has 4 nitrogen and oxygen atoms in total. The van der Waals surface area contributed by atoms with Gasteiger partial charge in [0.1, 0.15) is 0 Å². The highest BCUT2D eigenvalue weighted by Crippen LogP contribution is 2.26. The van der Waals surface area contributed by atoms with Crippen molar-refractivity contribution >= 4 is 5.69 Å². The van der Waals surface area contributed by atoms with Crippen LogP contribution in [0.5, 0.6) is 0 Å². The zero-order chi connectivity index (χ0) is 14.8. The second-order valence-electron chi connectivity index (χ2n) is 4.90. The van der Waals surface area contributed by atoms with E-state index in [9.17, 15) is 0 Å². The molecule has 0 radical (unpaired) electrons. The van der Waals surface area contributed by atoms with Gasteiger partial charge in [0.15, 0.2) is 0 Å². The molecule has 0 saturated carbocycles. The number of para-hydroxylation sites is 1. The number of benzene rings is 1. The molecule has 0 aliphatic heterocycles. The monoisotopic (exact) mass is 280 g/mol. The van der Waals surface area contributed by atoms with Crippen molar-refractivity contribution in [2.24, 2.45) is 0 Å². The molecule has 0 amide bonds. The summed E-state index contributed by atoms with van der Waals surface area (Å²) in [6.07, 6.45) is 1.02. The summed E-state index contributed by atoms with van der Waals surface area (Å²) in [6.45, 7) is 5.57. The molecule has 0 heterocycles. The van der Waals surface area contributed by atoms with Crippen molar-refractivity contribution in [1.29, 1.82) is 0 Å². The molecule has 0 aliphatic carbocycles. The summed E-state index contributed by atoms with van der Waals surface area (Å²) in [7, 11) is 5.48. The third-order valence-electron chi connectivity index (χ3n) is 3.52. The van der Waals surface area contributed by atoms with Crippen molar-refractivity contribution < 1.29 is 9.47 Å². The summed E-state index contributed by atoms with van der Waals surface area (Å²) < 4.78 is 10.4. The molecule has 20 heavy (non-hydrogen) atoms. The van der Waals surface area contributed by atoms with Gasteiger partial charge in [-0.2, -0.15) is 0 Å². The van der Waals surface area contributed by atoms with Crippen LogP contribution in [-0.2, 0) is 9.47 Å². The van der Waals surface area contributed by atoms with Gasteiger partial charge in [-0.25, -0.2) is 0 Å². The van der Waals surface area contributed by atoms with Crippen molar-refractivity contribution in [1.82, 2.24) is 5.32 Å². The van der Waals surface area contributed by atoms with Gasteiger partial charge in [0.25, 0.3) is 0 Å². The highest BCUT2D eigenvalue weighted by atomic mass is 16.5. The Morgan fingerprint density at radius 3 is 2.45 bits per heavy atom. The Hall–Kier alpha value is -1.10. The fraction of sp³-hybridized carbons (Fsp3) is 0.625. The summed E-state index contributed by atoms with van der Waals surface area (Å²) >= 11 is 0. The molecule has 1 unspecified atom stereocenters. The van der Waals surface area contributed by atoms with Gasteiger partial charge in [-0.1, -0.05) is 18.2 Å². The fourth-order valence-corrected chi connectivity index (χ4v) is 2.25. The van der Waals surface area contributed by atoms with Crippen molar-refractivity contribution in [3.63, 3.8) is 0 Å². The first kappa shape index (κ1) is 17.0. The second-order valence-corrected chi connectivity index (χ2v) is 4.90. The van der Waals surface area contributed by atoms with Crippen molar-refractivity contribution in [3.8, 4) is 0 Å². The van der Waals surface area contributed by atoms with E-state index in [1.807, 2.05) is 7.05 Å². The van der Waals surface area contributed by atoms with Gasteiger partial charge in [-0.15, -0.1) is 0 Å². The molecule has 1 aromatic rings. The Morgan fingerprint density at radius 1 is 1.10 bits per heavy atom. The Morgan fingerprint density at radius 2 is 1.80 bits per heavy atom. The standard InChI is InChI=1S/C16H28N2O2/c1-14(17-2)15-8-5-6-9-16(15)18(11-13-20-4)10-7-12-19-3/h5-6,8-9,14,17H,7,10-13H2,1-4H3. The molecule has 0 aromatic heterocycles. The van der Waals surface area contributed by atoms with Crippen LogP contribution in [0, 0.1) is 0 Å². The van der Waals surface area contributed by atoms with Gasteiger partial charge < -0.3 is 19.7 Å². The minimum Gasteiger partial charge on any atom is -0.385 e. The summed E-state index contributed by atoms with van der Waals surface area (Å²) in [6, 6.07) is 8.89. The minimum absolute atomic E-state index is 0.332. The number of ether oxygens (including phenoxy) is 2. The molecule has 0 bridgehead atoms. The molecule has 0 spiro atoms. The van der Waals surface area contributed by atoms with Crippen LogP contribution in [0.3, 0.4) is 0 Å². The fourth-order valence-electron chi connectivity index (χ4n) is 2.25. The van der Waals surface area contributed by atoms with E-state index in [4.69, 9.17) is 9.47 Å². The molecule has 1 aromatic carbocycles. The van der Waals surface area contributed by atoms with Crippen molar-refractivity contribution in [2.45, 2.75) is 19.4 Å². The van der Waals surface area contributed by atoms with Gasteiger partial charge in [-0.3, -0.25) is 0 Å². The average Bonchev–Trinajstić information content (AvgIpc) is 2.50. The highest BCUT2D eigenvalue weighted by molar-refractivity contribution is 5.55. The summed E-state index contributed by atoms with van der Waals surface area (Å²) in [5.41, 5.74) is 2.60. The normalized spacial score (nSPS) is 12.4. The van der Waals surface area contributed by atoms with E-state index < -0.39 is 0 Å². The van der Waals surface area contributed by atoms with E-state index in [1.54, 1.807) is 14.2 Å². The third kappa shape index (κ3) is 5.12. The topological polar surface area (TPSA) is 33.7 Å². The number of nitrogens with zero attached hydrogens (tertiary/aromatic N) is 1. The van der Waals surface area contributed by atoms with Gasteiger partial charge >= 0.3 is 0 Å². The molecule has 1 rings (SSSR count). The second kappa shape index (κ2) is 9.75. The summed E-state index contributed by atoms with van der Waals surface area (Å²) in [5.74, 6) is 0. The smallest absolute Gasteiger partial charge is 0.0637 e. The van der Waals surface area contributed by atoms with Gasteiger partial charge in [0, 0.05) is 45.6 Å². The predicted octanol–water partition coefficient (Wildman–Crippen LogP) is 2.46. The Labute approximate surface area is 123 Å². The molecule has 0 fully saturated rings. The van der Waals surface area contributed by atoms with E-state index in [0.29, 0.717) is 6.04 Å². The first-order valence-corrected chi connectivity index (χ1v) is 7.23.